The number of hydrogen-bond donors (Lipinski definition) is 0. The maximum absolute atomic E-state index is 6.42. The Labute approximate surface area is 317 Å². The molecule has 1 aliphatic heterocycles. The van der Waals surface area contributed by atoms with Crippen molar-refractivity contribution in [3.8, 4) is 34.3 Å². The zero-order valence-electron chi connectivity index (χ0n) is 30.4. The van der Waals surface area contributed by atoms with Gasteiger partial charge in [0.2, 0.25) is 0 Å². The number of aryl methyl sites for hydroxylation is 1. The van der Waals surface area contributed by atoms with Gasteiger partial charge in [-0.3, -0.25) is 0 Å². The molecule has 7 aromatic rings. The Kier molecular flexibility index (Phi) is 9.65. The van der Waals surface area contributed by atoms with E-state index in [1.54, 1.807) is 0 Å². The zero-order chi connectivity index (χ0) is 36.9. The molecular weight excluding hydrogens is 661 g/mol. The van der Waals surface area contributed by atoms with Crippen LogP contribution in [0.15, 0.2) is 176 Å². The lowest BCUT2D eigenvalue weighted by atomic mass is 9.82. The molecule has 0 saturated carbocycles. The number of ether oxygens (including phenoxy) is 1. The average Bonchev–Trinajstić information content (AvgIpc) is 3.23. The van der Waals surface area contributed by atoms with Gasteiger partial charge in [-0.15, -0.1) is 0 Å². The van der Waals surface area contributed by atoms with E-state index in [2.05, 4.69) is 103 Å². The molecule has 2 heterocycles. The maximum Gasteiger partial charge on any atom is 0.164 e. The SMILES string of the molecule is C\C=C/C(=C\C=C(/C)c1nc(-c2ccccc2)nc(-c2ccccc2)n1)N(c1c#cccc1C1c2ccccc2Oc2ccccc21)c1ccccc1C. The van der Waals surface area contributed by atoms with E-state index < -0.39 is 0 Å². The van der Waals surface area contributed by atoms with Crippen LogP contribution in [0.4, 0.5) is 11.4 Å². The lowest BCUT2D eigenvalue weighted by Gasteiger charge is -2.33. The van der Waals surface area contributed by atoms with Crippen molar-refractivity contribution in [3.63, 3.8) is 0 Å². The lowest BCUT2D eigenvalue weighted by Crippen LogP contribution is -2.20. The van der Waals surface area contributed by atoms with Crippen LogP contribution in [0.3, 0.4) is 0 Å². The molecule has 8 rings (SSSR count). The van der Waals surface area contributed by atoms with Crippen LogP contribution in [0, 0.1) is 19.1 Å². The molecular formula is C49H38N4O. The quantitative estimate of drug-likeness (QED) is 0.140. The van der Waals surface area contributed by atoms with Crippen molar-refractivity contribution >= 4 is 16.9 Å². The predicted octanol–water partition coefficient (Wildman–Crippen LogP) is 12.1. The van der Waals surface area contributed by atoms with Gasteiger partial charge in [0, 0.05) is 39.6 Å². The van der Waals surface area contributed by atoms with Gasteiger partial charge in [0.25, 0.3) is 0 Å². The first kappa shape index (κ1) is 34.1. The van der Waals surface area contributed by atoms with E-state index in [-0.39, 0.29) is 5.92 Å². The molecule has 1 aromatic heterocycles. The van der Waals surface area contributed by atoms with Crippen LogP contribution >= 0.6 is 0 Å². The summed E-state index contributed by atoms with van der Waals surface area (Å²) in [6.45, 7) is 6.23. The van der Waals surface area contributed by atoms with Gasteiger partial charge >= 0.3 is 0 Å². The van der Waals surface area contributed by atoms with E-state index in [9.17, 15) is 0 Å². The van der Waals surface area contributed by atoms with Crippen molar-refractivity contribution in [2.24, 2.45) is 0 Å². The van der Waals surface area contributed by atoms with Crippen LogP contribution in [0.2, 0.25) is 0 Å². The fourth-order valence-corrected chi connectivity index (χ4v) is 6.90. The Morgan fingerprint density at radius 1 is 0.648 bits per heavy atom. The van der Waals surface area contributed by atoms with Crippen molar-refractivity contribution in [1.29, 1.82) is 0 Å². The van der Waals surface area contributed by atoms with E-state index in [1.165, 1.54) is 0 Å². The third-order valence-electron chi connectivity index (χ3n) is 9.53. The lowest BCUT2D eigenvalue weighted by molar-refractivity contribution is 0.453. The number of nitrogens with zero attached hydrogens (tertiary/aromatic N) is 4. The molecule has 0 bridgehead atoms. The summed E-state index contributed by atoms with van der Waals surface area (Å²) in [6, 6.07) is 56.1. The van der Waals surface area contributed by atoms with Crippen LogP contribution < -0.4 is 9.64 Å². The molecule has 0 spiro atoms. The Morgan fingerprint density at radius 3 is 1.83 bits per heavy atom. The second-order valence-electron chi connectivity index (χ2n) is 13.1. The van der Waals surface area contributed by atoms with Crippen LogP contribution in [-0.2, 0) is 0 Å². The largest absolute Gasteiger partial charge is 0.457 e. The predicted molar refractivity (Wildman–Crippen MR) is 219 cm³/mol. The molecule has 5 heteroatoms. The number of para-hydroxylation sites is 3. The number of rotatable bonds is 9. The van der Waals surface area contributed by atoms with Crippen LogP contribution in [-0.4, -0.2) is 15.0 Å². The summed E-state index contributed by atoms with van der Waals surface area (Å²) in [5.74, 6) is 3.47. The normalized spacial score (nSPS) is 12.8. The highest BCUT2D eigenvalue weighted by Crippen LogP contribution is 2.50. The summed E-state index contributed by atoms with van der Waals surface area (Å²) >= 11 is 0. The van der Waals surface area contributed by atoms with E-state index in [0.29, 0.717) is 17.5 Å². The molecule has 0 N–H and O–H groups in total. The maximum atomic E-state index is 6.42. The molecule has 0 radical (unpaired) electrons. The molecule has 0 atom stereocenters. The van der Waals surface area contributed by atoms with Gasteiger partial charge in [0.05, 0.1) is 0 Å². The Bertz CT molecular complexity index is 2420. The standard InChI is InChI=1S/C49H38N4O/c1-4-19-38(33-32-35(3)47-50-48(36-21-7-5-8-22-36)52-49(51-47)37-23-9-6-10-24-37)53(42-28-15-11-20-34(42)2)43-29-16-12-25-39(43)46-40-26-13-17-30-44(40)54-45-31-18-14-27-41(45)46/h4-15,17-28,30-33,46H,1-3H3/b19-4-,35-32+,38-33+. The molecule has 260 valence electrons. The summed E-state index contributed by atoms with van der Waals surface area (Å²) < 4.78 is 6.42. The fraction of sp³-hybridized carbons (Fsp3) is 0.0816. The molecule has 1 aliphatic rings. The summed E-state index contributed by atoms with van der Waals surface area (Å²) in [4.78, 5) is 17.1. The summed E-state index contributed by atoms with van der Waals surface area (Å²) in [6.07, 6.45) is 8.41. The van der Waals surface area contributed by atoms with Crippen LogP contribution in [0.1, 0.15) is 47.8 Å². The Balaban J connectivity index is 1.29. The van der Waals surface area contributed by atoms with E-state index in [4.69, 9.17) is 19.7 Å². The first-order valence-corrected chi connectivity index (χ1v) is 18.1. The third kappa shape index (κ3) is 6.81. The van der Waals surface area contributed by atoms with Gasteiger partial charge < -0.3 is 9.64 Å². The Morgan fingerprint density at radius 2 is 1.22 bits per heavy atom. The van der Waals surface area contributed by atoms with Crippen LogP contribution in [0.25, 0.3) is 28.3 Å². The van der Waals surface area contributed by atoms with Gasteiger partial charge in [0.1, 0.15) is 17.2 Å². The van der Waals surface area contributed by atoms with Crippen molar-refractivity contribution < 1.29 is 4.74 Å². The molecule has 0 aliphatic carbocycles. The first-order chi connectivity index (χ1) is 26.6. The molecule has 54 heavy (non-hydrogen) atoms. The minimum Gasteiger partial charge on any atom is -0.457 e. The highest BCUT2D eigenvalue weighted by molar-refractivity contribution is 5.77. The highest BCUT2D eigenvalue weighted by atomic mass is 16.5. The molecule has 0 amide bonds. The van der Waals surface area contributed by atoms with Crippen molar-refractivity contribution in [3.05, 3.63) is 216 Å². The van der Waals surface area contributed by atoms with Crippen molar-refractivity contribution in [2.75, 3.05) is 4.90 Å². The zero-order valence-corrected chi connectivity index (χ0v) is 30.4. The third-order valence-corrected chi connectivity index (χ3v) is 9.53. The second-order valence-corrected chi connectivity index (χ2v) is 13.1. The molecule has 0 fully saturated rings. The number of hydrogen-bond acceptors (Lipinski definition) is 5. The van der Waals surface area contributed by atoms with Gasteiger partial charge in [-0.05, 0) is 86.0 Å². The van der Waals surface area contributed by atoms with Gasteiger partial charge in [-0.1, -0.05) is 133 Å². The summed E-state index contributed by atoms with van der Waals surface area (Å²) in [5, 5.41) is 0. The van der Waals surface area contributed by atoms with E-state index in [0.717, 1.165) is 67.5 Å². The van der Waals surface area contributed by atoms with Crippen molar-refractivity contribution in [1.82, 2.24) is 15.0 Å². The number of fused-ring (bicyclic) bond motifs is 2. The molecule has 6 aromatic carbocycles. The van der Waals surface area contributed by atoms with E-state index in [1.807, 2.05) is 105 Å². The number of aromatic nitrogens is 3. The van der Waals surface area contributed by atoms with Crippen LogP contribution in [0.5, 0.6) is 11.5 Å². The van der Waals surface area contributed by atoms with Crippen molar-refractivity contribution in [2.45, 2.75) is 26.7 Å². The topological polar surface area (TPSA) is 51.1 Å². The first-order valence-electron chi connectivity index (χ1n) is 18.1. The summed E-state index contributed by atoms with van der Waals surface area (Å²) in [7, 11) is 0. The van der Waals surface area contributed by atoms with Gasteiger partial charge in [-0.25, -0.2) is 15.0 Å². The summed E-state index contributed by atoms with van der Waals surface area (Å²) in [5.41, 5.74) is 10.1. The number of anilines is 2. The smallest absolute Gasteiger partial charge is 0.164 e. The number of allylic oxidation sites excluding steroid dienone is 5. The van der Waals surface area contributed by atoms with Gasteiger partial charge in [0.15, 0.2) is 17.5 Å². The van der Waals surface area contributed by atoms with Gasteiger partial charge in [-0.2, -0.15) is 0 Å². The Hall–Kier alpha value is -7.03. The van der Waals surface area contributed by atoms with E-state index >= 15 is 0 Å². The monoisotopic (exact) mass is 698 g/mol. The minimum atomic E-state index is -0.0966. The molecule has 0 unspecified atom stereocenters. The number of benzene rings is 5. The fourth-order valence-electron chi connectivity index (χ4n) is 6.90. The minimum absolute atomic E-state index is 0.0966. The molecule has 0 saturated heterocycles. The second kappa shape index (κ2) is 15.3. The molecule has 5 nitrogen and oxygen atoms in total. The average molecular weight is 699 g/mol. The highest BCUT2D eigenvalue weighted by Gasteiger charge is 2.32.